The normalized spacial score (nSPS) is 12.4. The Morgan fingerprint density at radius 1 is 0.411 bits per heavy atom. The Morgan fingerprint density at radius 2 is 0.804 bits per heavy atom. The fourth-order valence-corrected chi connectivity index (χ4v) is 7.05. The Kier molecular flexibility index (Phi) is 45.9. The molecule has 0 bridgehead atoms. The molecule has 0 rings (SSSR count). The van der Waals surface area contributed by atoms with E-state index in [2.05, 4.69) is 57.2 Å². The summed E-state index contributed by atoms with van der Waals surface area (Å²) in [7, 11) is 0. The second-order valence-electron chi connectivity index (χ2n) is 16.4. The predicted octanol–water partition coefficient (Wildman–Crippen LogP) is 16.2. The number of ether oxygens (including phenoxy) is 3. The smallest absolute Gasteiger partial charge is 0.306 e. The van der Waals surface area contributed by atoms with Crippen LogP contribution >= 0.6 is 0 Å². The first-order valence-corrected chi connectivity index (χ1v) is 24.5. The van der Waals surface area contributed by atoms with E-state index in [1.54, 1.807) is 0 Å². The zero-order valence-corrected chi connectivity index (χ0v) is 37.7. The summed E-state index contributed by atoms with van der Waals surface area (Å²) < 4.78 is 17.3. The number of unbranched alkanes of at least 4 members (excludes halogenated alkanes) is 28. The minimum Gasteiger partial charge on any atom is -0.462 e. The van der Waals surface area contributed by atoms with Crippen molar-refractivity contribution in [3.8, 4) is 0 Å². The van der Waals surface area contributed by atoms with Gasteiger partial charge in [0, 0.05) is 19.4 Å². The number of carbonyl (C=O) groups excluding carboxylic acids is 2. The van der Waals surface area contributed by atoms with Gasteiger partial charge in [0.25, 0.3) is 0 Å². The second-order valence-corrected chi connectivity index (χ2v) is 16.4. The van der Waals surface area contributed by atoms with Crippen LogP contribution in [0.15, 0.2) is 36.5 Å². The Hall–Kier alpha value is -1.88. The van der Waals surface area contributed by atoms with E-state index >= 15 is 0 Å². The van der Waals surface area contributed by atoms with Gasteiger partial charge >= 0.3 is 11.9 Å². The van der Waals surface area contributed by atoms with Crippen molar-refractivity contribution in [2.75, 3.05) is 19.8 Å². The van der Waals surface area contributed by atoms with Crippen molar-refractivity contribution >= 4 is 11.9 Å². The van der Waals surface area contributed by atoms with Crippen LogP contribution in [0.3, 0.4) is 0 Å². The maximum absolute atomic E-state index is 12.7. The maximum Gasteiger partial charge on any atom is 0.306 e. The second kappa shape index (κ2) is 47.5. The Bertz CT molecular complexity index is 893. The molecule has 0 heterocycles. The van der Waals surface area contributed by atoms with Crippen LogP contribution in [0.2, 0.25) is 0 Å². The topological polar surface area (TPSA) is 61.8 Å². The zero-order chi connectivity index (χ0) is 40.7. The molecule has 0 saturated heterocycles. The van der Waals surface area contributed by atoms with Crippen LogP contribution in [0, 0.1) is 0 Å². The molecule has 56 heavy (non-hydrogen) atoms. The highest BCUT2D eigenvalue weighted by molar-refractivity contribution is 5.70. The van der Waals surface area contributed by atoms with Crippen molar-refractivity contribution < 1.29 is 23.8 Å². The average Bonchev–Trinajstić information content (AvgIpc) is 3.20. The molecule has 0 aliphatic rings. The molecule has 0 aromatic rings. The molecule has 0 aromatic carbocycles. The third-order valence-corrected chi connectivity index (χ3v) is 10.7. The van der Waals surface area contributed by atoms with Crippen LogP contribution in [0.4, 0.5) is 0 Å². The van der Waals surface area contributed by atoms with Crippen molar-refractivity contribution in [2.45, 2.75) is 258 Å². The van der Waals surface area contributed by atoms with Gasteiger partial charge in [-0.15, -0.1) is 0 Å². The van der Waals surface area contributed by atoms with Crippen LogP contribution in [0.5, 0.6) is 0 Å². The minimum absolute atomic E-state index is 0.0753. The number of hydrogen-bond acceptors (Lipinski definition) is 5. The van der Waals surface area contributed by atoms with Gasteiger partial charge in [-0.3, -0.25) is 9.59 Å². The van der Waals surface area contributed by atoms with Crippen LogP contribution < -0.4 is 0 Å². The number of carbonyl (C=O) groups is 2. The predicted molar refractivity (Wildman–Crippen MR) is 242 cm³/mol. The third-order valence-electron chi connectivity index (χ3n) is 10.7. The van der Waals surface area contributed by atoms with E-state index in [4.69, 9.17) is 14.2 Å². The van der Waals surface area contributed by atoms with Crippen molar-refractivity contribution in [2.24, 2.45) is 0 Å². The first-order valence-electron chi connectivity index (χ1n) is 24.5. The molecule has 0 aliphatic carbocycles. The van der Waals surface area contributed by atoms with E-state index in [0.717, 1.165) is 64.2 Å². The number of rotatable bonds is 45. The van der Waals surface area contributed by atoms with Crippen LogP contribution in [0.1, 0.15) is 252 Å². The standard InChI is InChI=1S/C51H94O5/c1-4-7-10-13-16-19-21-23-24-25-26-27-29-31-34-37-40-43-46-54-47-49(56-51(53)45-42-39-36-32-18-15-12-9-6-3)48-55-50(52)44-41-38-35-33-30-28-22-20-17-14-11-8-5-2/h8,11,17,20,28,30,49H,4-7,9-10,12-16,18-19,21-27,29,31-48H2,1-3H3/b11-8-,20-17-,30-28-. The minimum atomic E-state index is -0.539. The van der Waals surface area contributed by atoms with Gasteiger partial charge < -0.3 is 14.2 Å². The summed E-state index contributed by atoms with van der Waals surface area (Å²) in [4.78, 5) is 25.2. The van der Waals surface area contributed by atoms with Gasteiger partial charge in [-0.1, -0.05) is 224 Å². The van der Waals surface area contributed by atoms with E-state index in [9.17, 15) is 9.59 Å². The molecule has 0 N–H and O–H groups in total. The number of hydrogen-bond donors (Lipinski definition) is 0. The van der Waals surface area contributed by atoms with Crippen LogP contribution in [-0.2, 0) is 23.8 Å². The molecular weight excluding hydrogens is 693 g/mol. The lowest BCUT2D eigenvalue weighted by Gasteiger charge is -2.18. The van der Waals surface area contributed by atoms with E-state index in [0.29, 0.717) is 19.4 Å². The summed E-state index contributed by atoms with van der Waals surface area (Å²) in [5.41, 5.74) is 0. The molecule has 5 nitrogen and oxygen atoms in total. The summed E-state index contributed by atoms with van der Waals surface area (Å²) in [6.45, 7) is 7.70. The van der Waals surface area contributed by atoms with Crippen LogP contribution in [-0.4, -0.2) is 37.9 Å². The quantitative estimate of drug-likeness (QED) is 0.0349. The first kappa shape index (κ1) is 54.1. The first-order chi connectivity index (χ1) is 27.6. The Labute approximate surface area is 349 Å². The number of esters is 2. The lowest BCUT2D eigenvalue weighted by Crippen LogP contribution is -2.30. The van der Waals surface area contributed by atoms with Gasteiger partial charge in [-0.2, -0.15) is 0 Å². The van der Waals surface area contributed by atoms with Crippen molar-refractivity contribution in [3.05, 3.63) is 36.5 Å². The fraction of sp³-hybridized carbons (Fsp3) is 0.843. The van der Waals surface area contributed by atoms with E-state index in [1.165, 1.54) is 154 Å². The lowest BCUT2D eigenvalue weighted by molar-refractivity contribution is -0.163. The molecule has 0 radical (unpaired) electrons. The fourth-order valence-electron chi connectivity index (χ4n) is 7.05. The summed E-state index contributed by atoms with van der Waals surface area (Å²) in [5.74, 6) is -0.422. The molecule has 0 saturated carbocycles. The van der Waals surface area contributed by atoms with Crippen molar-refractivity contribution in [1.29, 1.82) is 0 Å². The third kappa shape index (κ3) is 44.8. The summed E-state index contributed by atoms with van der Waals surface area (Å²) in [6.07, 6.45) is 55.9. The molecule has 0 aliphatic heterocycles. The van der Waals surface area contributed by atoms with Gasteiger partial charge in [0.2, 0.25) is 0 Å². The molecule has 328 valence electrons. The highest BCUT2D eigenvalue weighted by Gasteiger charge is 2.17. The highest BCUT2D eigenvalue weighted by Crippen LogP contribution is 2.15. The molecule has 0 aromatic heterocycles. The highest BCUT2D eigenvalue weighted by atomic mass is 16.6. The molecule has 0 amide bonds. The van der Waals surface area contributed by atoms with Gasteiger partial charge in [0.1, 0.15) is 6.61 Å². The van der Waals surface area contributed by atoms with Crippen LogP contribution in [0.25, 0.3) is 0 Å². The van der Waals surface area contributed by atoms with E-state index in [-0.39, 0.29) is 25.2 Å². The zero-order valence-electron chi connectivity index (χ0n) is 37.7. The van der Waals surface area contributed by atoms with Crippen molar-refractivity contribution in [1.82, 2.24) is 0 Å². The molecule has 1 unspecified atom stereocenters. The van der Waals surface area contributed by atoms with Gasteiger partial charge in [0.05, 0.1) is 6.61 Å². The summed E-state index contributed by atoms with van der Waals surface area (Å²) in [6, 6.07) is 0. The summed E-state index contributed by atoms with van der Waals surface area (Å²) in [5, 5.41) is 0. The van der Waals surface area contributed by atoms with Gasteiger partial charge in [-0.25, -0.2) is 0 Å². The molecule has 1 atom stereocenters. The largest absolute Gasteiger partial charge is 0.462 e. The number of allylic oxidation sites excluding steroid dienone is 6. The molecular formula is C51H94O5. The Morgan fingerprint density at radius 3 is 1.29 bits per heavy atom. The average molecular weight is 787 g/mol. The Balaban J connectivity index is 4.17. The maximum atomic E-state index is 12.7. The lowest BCUT2D eigenvalue weighted by atomic mass is 10.0. The molecule has 0 spiro atoms. The van der Waals surface area contributed by atoms with Gasteiger partial charge in [-0.05, 0) is 51.4 Å². The van der Waals surface area contributed by atoms with Gasteiger partial charge in [0.15, 0.2) is 6.10 Å². The van der Waals surface area contributed by atoms with E-state index in [1.807, 2.05) is 0 Å². The van der Waals surface area contributed by atoms with E-state index < -0.39 is 6.10 Å². The van der Waals surface area contributed by atoms with Crippen molar-refractivity contribution in [3.63, 3.8) is 0 Å². The molecule has 5 heteroatoms. The summed E-state index contributed by atoms with van der Waals surface area (Å²) >= 11 is 0. The monoisotopic (exact) mass is 787 g/mol. The SMILES string of the molecule is CC/C=C\C/C=C\C/C=C\CCCCCC(=O)OCC(COCCCCCCCCCCCCCCCCCCCC)OC(=O)CCCCCCCCCCC. The molecule has 0 fully saturated rings.